The van der Waals surface area contributed by atoms with E-state index in [1.165, 1.54) is 0 Å². The van der Waals surface area contributed by atoms with Crippen LogP contribution in [0.25, 0.3) is 11.1 Å². The van der Waals surface area contributed by atoms with Crippen LogP contribution in [0.4, 0.5) is 5.69 Å². The van der Waals surface area contributed by atoms with E-state index >= 15 is 0 Å². The van der Waals surface area contributed by atoms with Crippen molar-refractivity contribution in [3.63, 3.8) is 0 Å². The molecule has 0 aliphatic carbocycles. The van der Waals surface area contributed by atoms with Crippen LogP contribution in [0.15, 0.2) is 71.6 Å². The Bertz CT molecular complexity index is 1130. The first kappa shape index (κ1) is 20.1. The first-order valence-corrected chi connectivity index (χ1v) is 10.9. The maximum atomic E-state index is 12.8. The number of hydrogen-bond donors (Lipinski definition) is 5. The number of halogens is 2. The van der Waals surface area contributed by atoms with Crippen molar-refractivity contribution in [3.05, 3.63) is 82.3 Å². The lowest BCUT2D eigenvalue weighted by Gasteiger charge is -2.13. The predicted molar refractivity (Wildman–Crippen MR) is 114 cm³/mol. The van der Waals surface area contributed by atoms with Crippen LogP contribution in [0.3, 0.4) is 0 Å². The lowest BCUT2D eigenvalue weighted by atomic mass is 10.1. The van der Waals surface area contributed by atoms with Gasteiger partial charge in [-0.3, -0.25) is 4.72 Å². The summed E-state index contributed by atoms with van der Waals surface area (Å²) in [7, 11) is -3.74. The summed E-state index contributed by atoms with van der Waals surface area (Å²) in [6.07, 6.45) is -0.190. The van der Waals surface area contributed by atoms with E-state index in [9.17, 15) is 8.42 Å². The molecule has 1 heterocycles. The quantitative estimate of drug-likeness (QED) is 0.408. The van der Waals surface area contributed by atoms with E-state index in [0.717, 1.165) is 16.7 Å². The number of benzene rings is 3. The molecule has 0 amide bonds. The molecule has 7 nitrogen and oxygen atoms in total. The van der Waals surface area contributed by atoms with Crippen molar-refractivity contribution in [1.29, 1.82) is 0 Å². The van der Waals surface area contributed by atoms with Gasteiger partial charge >= 0.3 is 0 Å². The van der Waals surface area contributed by atoms with Crippen LogP contribution in [0, 0.1) is 0 Å². The normalized spacial score (nSPS) is 14.8. The molecule has 0 radical (unpaired) electrons. The molecule has 5 N–H and O–H groups in total. The molecule has 0 unspecified atom stereocenters. The Labute approximate surface area is 178 Å². The Morgan fingerprint density at radius 3 is 2.17 bits per heavy atom. The number of nitrogens with one attached hydrogen (secondary N) is 5. The van der Waals surface area contributed by atoms with E-state index in [0.29, 0.717) is 15.7 Å². The van der Waals surface area contributed by atoms with Crippen LogP contribution in [-0.4, -0.2) is 8.42 Å². The molecule has 29 heavy (non-hydrogen) atoms. The summed E-state index contributed by atoms with van der Waals surface area (Å²) in [5.41, 5.74) is 14.4. The van der Waals surface area contributed by atoms with Gasteiger partial charge in [0.05, 0.1) is 14.9 Å². The van der Waals surface area contributed by atoms with Gasteiger partial charge in [0.1, 0.15) is 6.17 Å². The molecule has 1 fully saturated rings. The van der Waals surface area contributed by atoms with Gasteiger partial charge in [-0.25, -0.2) is 19.3 Å². The van der Waals surface area contributed by atoms with E-state index in [-0.39, 0.29) is 11.1 Å². The minimum atomic E-state index is -3.74. The van der Waals surface area contributed by atoms with Crippen molar-refractivity contribution < 1.29 is 8.42 Å². The minimum Gasteiger partial charge on any atom is -0.280 e. The predicted octanol–water partition coefficient (Wildman–Crippen LogP) is 3.58. The third kappa shape index (κ3) is 4.54. The fourth-order valence-corrected chi connectivity index (χ4v) is 4.26. The smallest absolute Gasteiger partial charge is 0.261 e. The maximum Gasteiger partial charge on any atom is 0.261 e. The first-order chi connectivity index (χ1) is 13.9. The third-order valence-corrected chi connectivity index (χ3v) is 6.52. The molecule has 10 heteroatoms. The van der Waals surface area contributed by atoms with Crippen LogP contribution >= 0.6 is 23.2 Å². The summed E-state index contributed by atoms with van der Waals surface area (Å²) >= 11 is 12.0. The van der Waals surface area contributed by atoms with Crippen LogP contribution in [-0.2, 0) is 10.0 Å². The second kappa shape index (κ2) is 8.29. The SMILES string of the molecule is O=S(=O)(Nc1cccc(C2NNNN2)c1)c1ccc(-c2ccc(Cl)c(Cl)c2)cc1. The zero-order chi connectivity index (χ0) is 20.4. The summed E-state index contributed by atoms with van der Waals surface area (Å²) < 4.78 is 28.2. The first-order valence-electron chi connectivity index (χ1n) is 8.62. The van der Waals surface area contributed by atoms with Crippen LogP contribution in [0.5, 0.6) is 0 Å². The van der Waals surface area contributed by atoms with E-state index in [1.807, 2.05) is 12.1 Å². The lowest BCUT2D eigenvalue weighted by molar-refractivity contribution is 0.555. The van der Waals surface area contributed by atoms with Crippen LogP contribution < -0.4 is 26.6 Å². The Hall–Kier alpha value is -2.17. The van der Waals surface area contributed by atoms with Crippen molar-refractivity contribution >= 4 is 38.9 Å². The standard InChI is InChI=1S/C19H17Cl2N5O2S/c20-17-9-6-13(11-18(17)21)12-4-7-16(8-5-12)29(27,28)24-15-3-1-2-14(10-15)19-22-25-26-23-19/h1-11,19,22-26H. The molecular weight excluding hydrogens is 433 g/mol. The molecule has 3 aromatic carbocycles. The Morgan fingerprint density at radius 1 is 0.793 bits per heavy atom. The Balaban J connectivity index is 1.54. The fraction of sp³-hybridized carbons (Fsp3) is 0.0526. The largest absolute Gasteiger partial charge is 0.280 e. The average Bonchev–Trinajstić information content (AvgIpc) is 3.25. The molecule has 1 aliphatic heterocycles. The van der Waals surface area contributed by atoms with Crippen LogP contribution in [0.2, 0.25) is 10.0 Å². The molecule has 1 aliphatic rings. The lowest BCUT2D eigenvalue weighted by Crippen LogP contribution is -2.33. The minimum absolute atomic E-state index is 0.159. The third-order valence-electron chi connectivity index (χ3n) is 4.39. The second-order valence-corrected chi connectivity index (χ2v) is 8.85. The topological polar surface area (TPSA) is 94.3 Å². The summed E-state index contributed by atoms with van der Waals surface area (Å²) in [5.74, 6) is 0. The highest BCUT2D eigenvalue weighted by atomic mass is 35.5. The van der Waals surface area contributed by atoms with Gasteiger partial charge < -0.3 is 0 Å². The van der Waals surface area contributed by atoms with Crippen molar-refractivity contribution in [2.24, 2.45) is 0 Å². The second-order valence-electron chi connectivity index (χ2n) is 6.36. The molecule has 150 valence electrons. The number of hydrazine groups is 3. The maximum absolute atomic E-state index is 12.8. The molecule has 0 aromatic heterocycles. The zero-order valence-corrected chi connectivity index (χ0v) is 17.2. The summed E-state index contributed by atoms with van der Waals surface area (Å²) in [6.45, 7) is 0. The van der Waals surface area contributed by atoms with Gasteiger partial charge in [-0.05, 0) is 53.1 Å². The number of rotatable bonds is 5. The molecule has 0 spiro atoms. The van der Waals surface area contributed by atoms with Gasteiger partial charge in [0.25, 0.3) is 10.0 Å². The summed E-state index contributed by atoms with van der Waals surface area (Å²) in [5, 5.41) is 0.912. The van der Waals surface area contributed by atoms with Gasteiger partial charge in [0.15, 0.2) is 0 Å². The summed E-state index contributed by atoms with van der Waals surface area (Å²) in [6, 6.07) is 18.9. The number of hydrogen-bond acceptors (Lipinski definition) is 6. The van der Waals surface area contributed by atoms with Crippen LogP contribution in [0.1, 0.15) is 11.7 Å². The molecular formula is C19H17Cl2N5O2S. The van der Waals surface area contributed by atoms with Crippen molar-refractivity contribution in [1.82, 2.24) is 21.9 Å². The highest BCUT2D eigenvalue weighted by Gasteiger charge is 2.18. The van der Waals surface area contributed by atoms with Gasteiger partial charge in [-0.15, -0.1) is 0 Å². The van der Waals surface area contributed by atoms with Gasteiger partial charge in [-0.2, -0.15) is 11.1 Å². The number of sulfonamides is 1. The van der Waals surface area contributed by atoms with E-state index in [2.05, 4.69) is 26.6 Å². The Kier molecular flexibility index (Phi) is 5.75. The average molecular weight is 450 g/mol. The monoisotopic (exact) mass is 449 g/mol. The van der Waals surface area contributed by atoms with E-state index in [4.69, 9.17) is 23.2 Å². The van der Waals surface area contributed by atoms with Gasteiger partial charge in [0.2, 0.25) is 0 Å². The van der Waals surface area contributed by atoms with Gasteiger partial charge in [-0.1, -0.05) is 53.5 Å². The van der Waals surface area contributed by atoms with Gasteiger partial charge in [0, 0.05) is 5.69 Å². The van der Waals surface area contributed by atoms with Crippen molar-refractivity contribution in [3.8, 4) is 11.1 Å². The molecule has 0 atom stereocenters. The molecule has 0 saturated carbocycles. The highest BCUT2D eigenvalue weighted by Crippen LogP contribution is 2.29. The van der Waals surface area contributed by atoms with E-state index < -0.39 is 10.0 Å². The highest BCUT2D eigenvalue weighted by molar-refractivity contribution is 7.92. The molecule has 3 aromatic rings. The fourth-order valence-electron chi connectivity index (χ4n) is 2.92. The molecule has 1 saturated heterocycles. The van der Waals surface area contributed by atoms with Crippen molar-refractivity contribution in [2.45, 2.75) is 11.1 Å². The molecule has 0 bridgehead atoms. The Morgan fingerprint density at radius 2 is 1.48 bits per heavy atom. The molecule has 4 rings (SSSR count). The number of anilines is 1. The zero-order valence-electron chi connectivity index (χ0n) is 14.9. The van der Waals surface area contributed by atoms with E-state index in [1.54, 1.807) is 54.6 Å². The summed E-state index contributed by atoms with van der Waals surface area (Å²) in [4.78, 5) is 0.159. The van der Waals surface area contributed by atoms with Crippen molar-refractivity contribution in [2.75, 3.05) is 4.72 Å².